The molecule has 28 heavy (non-hydrogen) atoms. The Morgan fingerprint density at radius 2 is 1.79 bits per heavy atom. The van der Waals surface area contributed by atoms with Crippen molar-refractivity contribution in [1.82, 2.24) is 24.6 Å². The third-order valence-corrected chi connectivity index (χ3v) is 4.46. The average Bonchev–Trinajstić information content (AvgIpc) is 3.20. The summed E-state index contributed by atoms with van der Waals surface area (Å²) < 4.78 is 14.8. The average molecular weight is 370 g/mol. The summed E-state index contributed by atoms with van der Waals surface area (Å²) >= 11 is 0. The van der Waals surface area contributed by atoms with Crippen molar-refractivity contribution in [2.75, 3.05) is 5.32 Å². The van der Waals surface area contributed by atoms with Gasteiger partial charge < -0.3 is 5.32 Å². The van der Waals surface area contributed by atoms with E-state index in [1.165, 1.54) is 12.1 Å². The van der Waals surface area contributed by atoms with E-state index < -0.39 is 0 Å². The molecule has 0 amide bonds. The largest absolute Gasteiger partial charge is 0.350 e. The number of halogens is 1. The van der Waals surface area contributed by atoms with Crippen molar-refractivity contribution in [1.29, 1.82) is 0 Å². The highest BCUT2D eigenvalue weighted by Gasteiger charge is 2.14. The van der Waals surface area contributed by atoms with Crippen LogP contribution >= 0.6 is 0 Å². The summed E-state index contributed by atoms with van der Waals surface area (Å²) in [6.45, 7) is 0.489. The van der Waals surface area contributed by atoms with Crippen molar-refractivity contribution in [2.45, 2.75) is 6.54 Å². The van der Waals surface area contributed by atoms with E-state index in [1.54, 1.807) is 29.0 Å². The molecule has 3 aromatic heterocycles. The fraction of sp³-hybridized carbons (Fsp3) is 0.0476. The molecule has 6 nitrogen and oxygen atoms in total. The predicted molar refractivity (Wildman–Crippen MR) is 105 cm³/mol. The number of aromatic nitrogens is 5. The molecule has 0 saturated heterocycles. The maximum atomic E-state index is 13.1. The SMILES string of the molecule is Fc1ccc(CNc2nc3ccccc3c3nc(-c4cccnc4)nn23)cc1. The summed E-state index contributed by atoms with van der Waals surface area (Å²) in [5.74, 6) is 0.893. The lowest BCUT2D eigenvalue weighted by Gasteiger charge is -2.09. The van der Waals surface area contributed by atoms with Gasteiger partial charge in [-0.15, -0.1) is 5.10 Å². The Morgan fingerprint density at radius 3 is 2.61 bits per heavy atom. The number of hydrogen-bond donors (Lipinski definition) is 1. The molecule has 7 heteroatoms. The molecule has 3 heterocycles. The van der Waals surface area contributed by atoms with Gasteiger partial charge in [-0.3, -0.25) is 4.98 Å². The van der Waals surface area contributed by atoms with Crippen LogP contribution in [-0.4, -0.2) is 24.6 Å². The van der Waals surface area contributed by atoms with Crippen LogP contribution in [0.2, 0.25) is 0 Å². The normalized spacial score (nSPS) is 11.2. The Hall–Kier alpha value is -3.87. The summed E-state index contributed by atoms with van der Waals surface area (Å²) in [4.78, 5) is 13.6. The maximum Gasteiger partial charge on any atom is 0.226 e. The van der Waals surface area contributed by atoms with Crippen LogP contribution in [0.4, 0.5) is 10.3 Å². The number of hydrogen-bond acceptors (Lipinski definition) is 5. The van der Waals surface area contributed by atoms with Crippen LogP contribution < -0.4 is 5.32 Å². The quantitative estimate of drug-likeness (QED) is 0.516. The lowest BCUT2D eigenvalue weighted by molar-refractivity contribution is 0.627. The predicted octanol–water partition coefficient (Wildman–Crippen LogP) is 4.09. The van der Waals surface area contributed by atoms with Gasteiger partial charge in [0.15, 0.2) is 11.5 Å². The molecule has 2 aromatic carbocycles. The van der Waals surface area contributed by atoms with Crippen LogP contribution in [0.5, 0.6) is 0 Å². The molecule has 0 spiro atoms. The molecule has 5 rings (SSSR count). The van der Waals surface area contributed by atoms with Gasteiger partial charge in [-0.1, -0.05) is 24.3 Å². The van der Waals surface area contributed by atoms with Gasteiger partial charge >= 0.3 is 0 Å². The highest BCUT2D eigenvalue weighted by Crippen LogP contribution is 2.24. The molecule has 0 fully saturated rings. The minimum Gasteiger partial charge on any atom is -0.350 e. The molecular weight excluding hydrogens is 355 g/mol. The van der Waals surface area contributed by atoms with E-state index in [0.717, 1.165) is 22.0 Å². The van der Waals surface area contributed by atoms with Crippen LogP contribution in [0, 0.1) is 5.82 Å². The smallest absolute Gasteiger partial charge is 0.226 e. The van der Waals surface area contributed by atoms with Gasteiger partial charge in [0.2, 0.25) is 5.95 Å². The Bertz CT molecular complexity index is 1270. The van der Waals surface area contributed by atoms with E-state index >= 15 is 0 Å². The molecule has 0 aliphatic carbocycles. The van der Waals surface area contributed by atoms with Crippen molar-refractivity contribution in [3.63, 3.8) is 0 Å². The molecular formula is C21H15FN6. The molecule has 0 unspecified atom stereocenters. The zero-order chi connectivity index (χ0) is 18.9. The third kappa shape index (κ3) is 2.92. The van der Waals surface area contributed by atoms with Crippen molar-refractivity contribution < 1.29 is 4.39 Å². The van der Waals surface area contributed by atoms with E-state index in [2.05, 4.69) is 15.4 Å². The van der Waals surface area contributed by atoms with E-state index in [-0.39, 0.29) is 5.82 Å². The molecule has 5 aromatic rings. The Kier molecular flexibility index (Phi) is 3.90. The Balaban J connectivity index is 1.62. The number of benzene rings is 2. The second-order valence-corrected chi connectivity index (χ2v) is 6.35. The minimum atomic E-state index is -0.257. The maximum absolute atomic E-state index is 13.1. The van der Waals surface area contributed by atoms with Crippen LogP contribution in [-0.2, 0) is 6.54 Å². The number of para-hydroxylation sites is 1. The van der Waals surface area contributed by atoms with Crippen molar-refractivity contribution >= 4 is 22.5 Å². The molecule has 1 N–H and O–H groups in total. The summed E-state index contributed by atoms with van der Waals surface area (Å²) in [6.07, 6.45) is 3.45. The molecule has 0 radical (unpaired) electrons. The van der Waals surface area contributed by atoms with E-state index in [1.807, 2.05) is 36.4 Å². The highest BCUT2D eigenvalue weighted by atomic mass is 19.1. The number of nitrogens with zero attached hydrogens (tertiary/aromatic N) is 5. The molecule has 0 atom stereocenters. The first-order chi connectivity index (χ1) is 13.8. The fourth-order valence-electron chi connectivity index (χ4n) is 3.07. The van der Waals surface area contributed by atoms with Crippen LogP contribution in [0.25, 0.3) is 27.9 Å². The summed E-state index contributed by atoms with van der Waals surface area (Å²) in [5.41, 5.74) is 3.31. The van der Waals surface area contributed by atoms with Crippen molar-refractivity contribution in [3.05, 3.63) is 84.4 Å². The second-order valence-electron chi connectivity index (χ2n) is 6.35. The summed E-state index contributed by atoms with van der Waals surface area (Å²) in [6, 6.07) is 17.9. The van der Waals surface area contributed by atoms with Gasteiger partial charge in [0, 0.05) is 29.9 Å². The van der Waals surface area contributed by atoms with Gasteiger partial charge in [-0.25, -0.2) is 14.4 Å². The summed E-state index contributed by atoms with van der Waals surface area (Å²) in [7, 11) is 0. The Morgan fingerprint density at radius 1 is 0.929 bits per heavy atom. The summed E-state index contributed by atoms with van der Waals surface area (Å²) in [5, 5.41) is 8.85. The zero-order valence-electron chi connectivity index (χ0n) is 14.7. The number of fused-ring (bicyclic) bond motifs is 3. The lowest BCUT2D eigenvalue weighted by Crippen LogP contribution is -2.08. The van der Waals surface area contributed by atoms with Crippen molar-refractivity contribution in [3.8, 4) is 11.4 Å². The molecule has 0 bridgehead atoms. The highest BCUT2D eigenvalue weighted by molar-refractivity contribution is 5.92. The second kappa shape index (κ2) is 6.70. The van der Waals surface area contributed by atoms with Gasteiger partial charge in [0.25, 0.3) is 0 Å². The topological polar surface area (TPSA) is 68.0 Å². The monoisotopic (exact) mass is 370 g/mol. The first kappa shape index (κ1) is 16.3. The minimum absolute atomic E-state index is 0.257. The van der Waals surface area contributed by atoms with Gasteiger partial charge in [0.05, 0.1) is 5.52 Å². The first-order valence-electron chi connectivity index (χ1n) is 8.82. The third-order valence-electron chi connectivity index (χ3n) is 4.46. The molecule has 0 saturated carbocycles. The molecule has 0 aliphatic heterocycles. The number of anilines is 1. The molecule has 136 valence electrons. The number of rotatable bonds is 4. The Labute approximate surface area is 159 Å². The van der Waals surface area contributed by atoms with Crippen LogP contribution in [0.15, 0.2) is 73.1 Å². The van der Waals surface area contributed by atoms with Crippen LogP contribution in [0.1, 0.15) is 5.56 Å². The van der Waals surface area contributed by atoms with E-state index in [9.17, 15) is 4.39 Å². The molecule has 0 aliphatic rings. The van der Waals surface area contributed by atoms with Gasteiger partial charge in [-0.2, -0.15) is 4.52 Å². The fourth-order valence-corrected chi connectivity index (χ4v) is 3.07. The lowest BCUT2D eigenvalue weighted by atomic mass is 10.2. The number of pyridine rings is 1. The zero-order valence-corrected chi connectivity index (χ0v) is 14.7. The van der Waals surface area contributed by atoms with E-state index in [4.69, 9.17) is 9.97 Å². The van der Waals surface area contributed by atoms with Crippen LogP contribution in [0.3, 0.4) is 0 Å². The first-order valence-corrected chi connectivity index (χ1v) is 8.82. The van der Waals surface area contributed by atoms with Crippen molar-refractivity contribution in [2.24, 2.45) is 0 Å². The standard InChI is InChI=1S/C21H15FN6/c22-16-9-7-14(8-10-16)12-24-21-25-18-6-2-1-5-17(18)20-26-19(27-28(20)21)15-4-3-11-23-13-15/h1-11,13H,12H2,(H,24,25). The van der Waals surface area contributed by atoms with Gasteiger partial charge in [-0.05, 0) is 42.0 Å². The van der Waals surface area contributed by atoms with E-state index in [0.29, 0.717) is 24.0 Å². The number of nitrogens with one attached hydrogen (secondary N) is 1. The van der Waals surface area contributed by atoms with Gasteiger partial charge in [0.1, 0.15) is 5.82 Å².